The van der Waals surface area contributed by atoms with Crippen LogP contribution in [0.25, 0.3) is 11.3 Å². The van der Waals surface area contributed by atoms with E-state index in [1.165, 1.54) is 25.7 Å². The van der Waals surface area contributed by atoms with Crippen molar-refractivity contribution in [2.24, 2.45) is 0 Å². The molecule has 4 rings (SSSR count). The van der Waals surface area contributed by atoms with Gasteiger partial charge in [-0.05, 0) is 25.0 Å². The number of aromatic nitrogens is 2. The van der Waals surface area contributed by atoms with Crippen LogP contribution in [0.2, 0.25) is 0 Å². The van der Waals surface area contributed by atoms with E-state index in [0.717, 1.165) is 35.9 Å². The van der Waals surface area contributed by atoms with Crippen molar-refractivity contribution in [2.45, 2.75) is 51.0 Å². The zero-order chi connectivity index (χ0) is 16.4. The van der Waals surface area contributed by atoms with Crippen molar-refractivity contribution in [3.8, 4) is 17.0 Å². The van der Waals surface area contributed by atoms with Gasteiger partial charge in [0.25, 0.3) is 0 Å². The first kappa shape index (κ1) is 15.7. The zero-order valence-electron chi connectivity index (χ0n) is 14.2. The number of para-hydroxylation sites is 1. The Hall–Kier alpha value is -1.85. The maximum atomic E-state index is 5.99. The molecule has 1 aromatic heterocycles. The number of hydrogen-bond acceptors (Lipinski definition) is 4. The number of nitrogens with one attached hydrogen (secondary N) is 1. The van der Waals surface area contributed by atoms with Crippen LogP contribution in [-0.4, -0.2) is 35.4 Å². The second-order valence-electron chi connectivity index (χ2n) is 6.72. The van der Waals surface area contributed by atoms with Crippen LogP contribution >= 0.6 is 0 Å². The summed E-state index contributed by atoms with van der Waals surface area (Å²) in [6.45, 7) is 2.36. The molecule has 1 aromatic carbocycles. The standard InChI is InChI=1S/C19H25N3O2/c1-23-18-9-5-4-8-16(18)17-12-22-11-15(24-13-19(22)21-17)10-20-14-6-2-3-7-14/h4-5,8-9,12,14-15,20H,2-3,6-7,10-11,13H2,1H3. The molecule has 0 bridgehead atoms. The maximum Gasteiger partial charge on any atom is 0.135 e. The molecule has 0 saturated heterocycles. The lowest BCUT2D eigenvalue weighted by Crippen LogP contribution is -2.39. The molecule has 5 heteroatoms. The lowest BCUT2D eigenvalue weighted by Gasteiger charge is -2.26. The Bertz CT molecular complexity index is 692. The van der Waals surface area contributed by atoms with Crippen LogP contribution in [0, 0.1) is 0 Å². The number of ether oxygens (including phenoxy) is 2. The van der Waals surface area contributed by atoms with Gasteiger partial charge < -0.3 is 19.4 Å². The first-order valence-corrected chi connectivity index (χ1v) is 8.88. The highest BCUT2D eigenvalue weighted by Gasteiger charge is 2.23. The molecule has 1 N–H and O–H groups in total. The monoisotopic (exact) mass is 327 g/mol. The predicted octanol–water partition coefficient (Wildman–Crippen LogP) is 2.99. The quantitative estimate of drug-likeness (QED) is 0.917. The average molecular weight is 327 g/mol. The summed E-state index contributed by atoms with van der Waals surface area (Å²) in [7, 11) is 1.70. The smallest absolute Gasteiger partial charge is 0.135 e. The number of methoxy groups -OCH3 is 1. The van der Waals surface area contributed by atoms with Crippen LogP contribution < -0.4 is 10.1 Å². The van der Waals surface area contributed by atoms with Crippen molar-refractivity contribution >= 4 is 0 Å². The number of imidazole rings is 1. The van der Waals surface area contributed by atoms with Crippen LogP contribution in [0.1, 0.15) is 31.5 Å². The number of fused-ring (bicyclic) bond motifs is 1. The molecule has 0 spiro atoms. The molecule has 24 heavy (non-hydrogen) atoms. The van der Waals surface area contributed by atoms with E-state index in [1.807, 2.05) is 24.3 Å². The van der Waals surface area contributed by atoms with Gasteiger partial charge >= 0.3 is 0 Å². The van der Waals surface area contributed by atoms with E-state index in [1.54, 1.807) is 7.11 Å². The van der Waals surface area contributed by atoms with Crippen molar-refractivity contribution in [2.75, 3.05) is 13.7 Å². The van der Waals surface area contributed by atoms with Crippen molar-refractivity contribution in [3.63, 3.8) is 0 Å². The summed E-state index contributed by atoms with van der Waals surface area (Å²) in [6, 6.07) is 8.70. The normalized spacial score (nSPS) is 21.0. The minimum absolute atomic E-state index is 0.220. The van der Waals surface area contributed by atoms with Gasteiger partial charge in [-0.2, -0.15) is 0 Å². The molecule has 1 fully saturated rings. The van der Waals surface area contributed by atoms with Gasteiger partial charge in [0.2, 0.25) is 0 Å². The Morgan fingerprint density at radius 2 is 2.12 bits per heavy atom. The minimum atomic E-state index is 0.220. The fraction of sp³-hybridized carbons (Fsp3) is 0.526. The molecule has 1 aliphatic heterocycles. The Morgan fingerprint density at radius 1 is 1.29 bits per heavy atom. The van der Waals surface area contributed by atoms with E-state index in [0.29, 0.717) is 12.6 Å². The maximum absolute atomic E-state index is 5.99. The molecule has 2 aromatic rings. The SMILES string of the molecule is COc1ccccc1-c1cn2c(n1)COC(CNC1CCCC1)C2. The van der Waals surface area contributed by atoms with E-state index in [4.69, 9.17) is 14.5 Å². The molecule has 0 radical (unpaired) electrons. The third kappa shape index (κ3) is 3.19. The van der Waals surface area contributed by atoms with Crippen LogP contribution in [-0.2, 0) is 17.9 Å². The molecule has 1 aliphatic carbocycles. The van der Waals surface area contributed by atoms with Gasteiger partial charge in [0.15, 0.2) is 0 Å². The Balaban J connectivity index is 1.45. The van der Waals surface area contributed by atoms with Crippen LogP contribution in [0.15, 0.2) is 30.5 Å². The second-order valence-corrected chi connectivity index (χ2v) is 6.72. The first-order valence-electron chi connectivity index (χ1n) is 8.88. The number of rotatable bonds is 5. The average Bonchev–Trinajstić information content (AvgIpc) is 3.28. The first-order chi connectivity index (χ1) is 11.8. The molecule has 0 amide bonds. The van der Waals surface area contributed by atoms with E-state index >= 15 is 0 Å². The van der Waals surface area contributed by atoms with Crippen molar-refractivity contribution in [3.05, 3.63) is 36.3 Å². The van der Waals surface area contributed by atoms with Gasteiger partial charge in [0.05, 0.1) is 25.5 Å². The highest BCUT2D eigenvalue weighted by molar-refractivity contribution is 5.66. The summed E-state index contributed by atoms with van der Waals surface area (Å²) in [5, 5.41) is 3.66. The zero-order valence-corrected chi connectivity index (χ0v) is 14.2. The molecule has 1 unspecified atom stereocenters. The third-order valence-electron chi connectivity index (χ3n) is 5.08. The summed E-state index contributed by atoms with van der Waals surface area (Å²) in [4.78, 5) is 4.74. The van der Waals surface area contributed by atoms with Gasteiger partial charge in [-0.15, -0.1) is 0 Å². The third-order valence-corrected chi connectivity index (χ3v) is 5.08. The predicted molar refractivity (Wildman–Crippen MR) is 93.1 cm³/mol. The molecule has 1 atom stereocenters. The molecule has 1 saturated carbocycles. The molecule has 2 aliphatic rings. The lowest BCUT2D eigenvalue weighted by atomic mass is 10.1. The van der Waals surface area contributed by atoms with Crippen LogP contribution in [0.4, 0.5) is 0 Å². The van der Waals surface area contributed by atoms with E-state index < -0.39 is 0 Å². The van der Waals surface area contributed by atoms with Gasteiger partial charge in [-0.25, -0.2) is 4.98 Å². The lowest BCUT2D eigenvalue weighted by molar-refractivity contribution is 0.00158. The molecule has 128 valence electrons. The van der Waals surface area contributed by atoms with E-state index in [2.05, 4.69) is 16.1 Å². The van der Waals surface area contributed by atoms with E-state index in [-0.39, 0.29) is 6.10 Å². The Kier molecular flexibility index (Phi) is 4.54. The van der Waals surface area contributed by atoms with Crippen molar-refractivity contribution < 1.29 is 9.47 Å². The Morgan fingerprint density at radius 3 is 2.96 bits per heavy atom. The molecule has 5 nitrogen and oxygen atoms in total. The largest absolute Gasteiger partial charge is 0.496 e. The summed E-state index contributed by atoms with van der Waals surface area (Å²) in [5.41, 5.74) is 1.98. The molecular weight excluding hydrogens is 302 g/mol. The second kappa shape index (κ2) is 6.95. The van der Waals surface area contributed by atoms with Crippen molar-refractivity contribution in [1.82, 2.24) is 14.9 Å². The Labute approximate surface area is 143 Å². The minimum Gasteiger partial charge on any atom is -0.496 e. The highest BCUT2D eigenvalue weighted by Crippen LogP contribution is 2.30. The summed E-state index contributed by atoms with van der Waals surface area (Å²) in [6.07, 6.45) is 7.67. The number of benzene rings is 1. The fourth-order valence-electron chi connectivity index (χ4n) is 3.73. The van der Waals surface area contributed by atoms with Gasteiger partial charge in [-0.3, -0.25) is 0 Å². The summed E-state index contributed by atoms with van der Waals surface area (Å²) < 4.78 is 13.7. The fourth-order valence-corrected chi connectivity index (χ4v) is 3.73. The van der Waals surface area contributed by atoms with Crippen LogP contribution in [0.5, 0.6) is 5.75 Å². The number of nitrogens with zero attached hydrogens (tertiary/aromatic N) is 2. The summed E-state index contributed by atoms with van der Waals surface area (Å²) in [5.74, 6) is 1.85. The van der Waals surface area contributed by atoms with Crippen LogP contribution in [0.3, 0.4) is 0 Å². The summed E-state index contributed by atoms with van der Waals surface area (Å²) >= 11 is 0. The highest BCUT2D eigenvalue weighted by atomic mass is 16.5. The van der Waals surface area contributed by atoms with E-state index in [9.17, 15) is 0 Å². The molecular formula is C19H25N3O2. The van der Waals surface area contributed by atoms with Crippen molar-refractivity contribution in [1.29, 1.82) is 0 Å². The molecule has 2 heterocycles. The topological polar surface area (TPSA) is 48.3 Å². The van der Waals surface area contributed by atoms with Gasteiger partial charge in [-0.1, -0.05) is 25.0 Å². The van der Waals surface area contributed by atoms with Gasteiger partial charge in [0.1, 0.15) is 18.2 Å². The van der Waals surface area contributed by atoms with Gasteiger partial charge in [0, 0.05) is 24.3 Å². The number of hydrogen-bond donors (Lipinski definition) is 1.